The predicted molar refractivity (Wildman–Crippen MR) is 126 cm³/mol. The first-order valence-electron chi connectivity index (χ1n) is 10.9. The molecule has 1 aliphatic rings. The number of hydrogen-bond donors (Lipinski definition) is 3. The molecule has 1 aromatic carbocycles. The van der Waals surface area contributed by atoms with E-state index < -0.39 is 29.6 Å². The molecule has 10 nitrogen and oxygen atoms in total. The van der Waals surface area contributed by atoms with E-state index in [1.807, 2.05) is 0 Å². The van der Waals surface area contributed by atoms with E-state index in [1.165, 1.54) is 12.1 Å². The van der Waals surface area contributed by atoms with Crippen molar-refractivity contribution < 1.29 is 27.9 Å². The van der Waals surface area contributed by atoms with Gasteiger partial charge in [-0.25, -0.2) is 4.39 Å². The highest BCUT2D eigenvalue weighted by Gasteiger charge is 2.38. The molecule has 0 spiro atoms. The highest BCUT2D eigenvalue weighted by atomic mass is 32.1. The number of nitrogens with one attached hydrogen (secondary N) is 1. The van der Waals surface area contributed by atoms with Crippen molar-refractivity contribution >= 4 is 40.6 Å². The third kappa shape index (κ3) is 5.17. The quantitative estimate of drug-likeness (QED) is 0.429. The standard InChI is InChI=1S/C23H24FN5O5S/c1-12-4-9-16(34-12)19(22(31)27-11-15-3-2-10-33-15)29(14-7-5-13(24)6-8-14)23(32)20-17(25)18(21(26)30)28-35-20/h4-9,15,19H,2-3,10-11,25H2,1H3,(H2,26,30)(H,27,31)/t15-,19-/m1/s1. The van der Waals surface area contributed by atoms with Crippen molar-refractivity contribution in [2.75, 3.05) is 23.8 Å². The second kappa shape index (κ2) is 10.2. The molecule has 0 unspecified atom stereocenters. The molecular weight excluding hydrogens is 477 g/mol. The number of carbonyl (C=O) groups is 3. The number of halogens is 1. The number of carbonyl (C=O) groups excluding carboxylic acids is 3. The number of anilines is 2. The van der Waals surface area contributed by atoms with Crippen LogP contribution in [0.3, 0.4) is 0 Å². The molecule has 3 amide bonds. The summed E-state index contributed by atoms with van der Waals surface area (Å²) < 4.78 is 28.9. The summed E-state index contributed by atoms with van der Waals surface area (Å²) in [6, 6.07) is 7.01. The van der Waals surface area contributed by atoms with Crippen LogP contribution in [0.4, 0.5) is 15.8 Å². The van der Waals surface area contributed by atoms with Crippen molar-refractivity contribution in [3.05, 3.63) is 64.3 Å². The summed E-state index contributed by atoms with van der Waals surface area (Å²) in [5.74, 6) is -1.97. The molecule has 1 aliphatic heterocycles. The molecule has 0 bridgehead atoms. The van der Waals surface area contributed by atoms with Crippen LogP contribution >= 0.6 is 11.5 Å². The van der Waals surface area contributed by atoms with Gasteiger partial charge in [0.25, 0.3) is 17.7 Å². The lowest BCUT2D eigenvalue weighted by Gasteiger charge is -2.30. The molecule has 0 aliphatic carbocycles. The Hall–Kier alpha value is -3.77. The lowest BCUT2D eigenvalue weighted by molar-refractivity contribution is -0.123. The van der Waals surface area contributed by atoms with Crippen LogP contribution < -0.4 is 21.7 Å². The Bertz CT molecular complexity index is 1240. The molecule has 5 N–H and O–H groups in total. The predicted octanol–water partition coefficient (Wildman–Crippen LogP) is 2.55. The van der Waals surface area contributed by atoms with Crippen LogP contribution in [0.5, 0.6) is 0 Å². The van der Waals surface area contributed by atoms with Crippen LogP contribution in [0.25, 0.3) is 0 Å². The lowest BCUT2D eigenvalue weighted by Crippen LogP contribution is -2.45. The van der Waals surface area contributed by atoms with Gasteiger partial charge in [-0.2, -0.15) is 4.37 Å². The second-order valence-corrected chi connectivity index (χ2v) is 8.79. The summed E-state index contributed by atoms with van der Waals surface area (Å²) >= 11 is 0.679. The number of rotatable bonds is 8. The summed E-state index contributed by atoms with van der Waals surface area (Å²) in [5.41, 5.74) is 11.1. The number of primary amides is 1. The number of aryl methyl sites for hydroxylation is 1. The molecule has 0 radical (unpaired) electrons. The molecule has 184 valence electrons. The summed E-state index contributed by atoms with van der Waals surface area (Å²) in [7, 11) is 0. The Labute approximate surface area is 204 Å². The Kier molecular flexibility index (Phi) is 7.12. The van der Waals surface area contributed by atoms with Gasteiger partial charge in [-0.05, 0) is 67.7 Å². The van der Waals surface area contributed by atoms with Crippen molar-refractivity contribution in [3.8, 4) is 0 Å². The zero-order valence-electron chi connectivity index (χ0n) is 18.8. The van der Waals surface area contributed by atoms with Crippen molar-refractivity contribution in [1.29, 1.82) is 0 Å². The van der Waals surface area contributed by atoms with Gasteiger partial charge in [-0.15, -0.1) is 0 Å². The number of nitrogen functional groups attached to an aromatic ring is 1. The molecule has 0 saturated carbocycles. The number of nitrogens with zero attached hydrogens (tertiary/aromatic N) is 2. The van der Waals surface area contributed by atoms with E-state index in [9.17, 15) is 18.8 Å². The monoisotopic (exact) mass is 501 g/mol. The van der Waals surface area contributed by atoms with Crippen LogP contribution in [0.2, 0.25) is 0 Å². The largest absolute Gasteiger partial charge is 0.464 e. The van der Waals surface area contributed by atoms with Gasteiger partial charge >= 0.3 is 0 Å². The highest BCUT2D eigenvalue weighted by Crippen LogP contribution is 2.34. The van der Waals surface area contributed by atoms with E-state index in [2.05, 4.69) is 9.69 Å². The van der Waals surface area contributed by atoms with Crippen molar-refractivity contribution in [2.24, 2.45) is 5.73 Å². The van der Waals surface area contributed by atoms with Crippen molar-refractivity contribution in [3.63, 3.8) is 0 Å². The smallest absolute Gasteiger partial charge is 0.273 e. The Morgan fingerprint density at radius 3 is 2.57 bits per heavy atom. The number of aromatic nitrogens is 1. The maximum atomic E-state index is 13.8. The average molecular weight is 502 g/mol. The Balaban J connectivity index is 1.78. The van der Waals surface area contributed by atoms with Gasteiger partial charge in [-0.3, -0.25) is 19.3 Å². The molecule has 1 fully saturated rings. The van der Waals surface area contributed by atoms with Gasteiger partial charge in [0, 0.05) is 18.8 Å². The maximum Gasteiger partial charge on any atom is 0.273 e. The summed E-state index contributed by atoms with van der Waals surface area (Å²) in [6.45, 7) is 2.57. The number of furan rings is 1. The van der Waals surface area contributed by atoms with Gasteiger partial charge in [-0.1, -0.05) is 0 Å². The van der Waals surface area contributed by atoms with Gasteiger partial charge in [0.15, 0.2) is 11.7 Å². The third-order valence-electron chi connectivity index (χ3n) is 5.54. The normalized spacial score (nSPS) is 16.1. The molecular formula is C23H24FN5O5S. The minimum atomic E-state index is -1.28. The number of amides is 3. The fraction of sp³-hybridized carbons (Fsp3) is 0.304. The third-order valence-corrected chi connectivity index (χ3v) is 6.40. The van der Waals surface area contributed by atoms with E-state index in [-0.39, 0.29) is 40.4 Å². The number of benzene rings is 1. The van der Waals surface area contributed by atoms with E-state index >= 15 is 0 Å². The molecule has 12 heteroatoms. The fourth-order valence-electron chi connectivity index (χ4n) is 3.81. The maximum absolute atomic E-state index is 13.8. The zero-order chi connectivity index (χ0) is 25.1. The number of ether oxygens (including phenoxy) is 1. The fourth-order valence-corrected chi connectivity index (χ4v) is 4.56. The van der Waals surface area contributed by atoms with Crippen LogP contribution in [0.1, 0.15) is 50.6 Å². The minimum absolute atomic E-state index is 0.0941. The van der Waals surface area contributed by atoms with E-state index in [0.29, 0.717) is 23.9 Å². The Morgan fingerprint density at radius 1 is 1.26 bits per heavy atom. The lowest BCUT2D eigenvalue weighted by atomic mass is 10.1. The Morgan fingerprint density at radius 2 is 2.00 bits per heavy atom. The first kappa shape index (κ1) is 24.4. The van der Waals surface area contributed by atoms with Crippen LogP contribution in [-0.2, 0) is 9.53 Å². The van der Waals surface area contributed by atoms with Gasteiger partial charge in [0.05, 0.1) is 11.8 Å². The zero-order valence-corrected chi connectivity index (χ0v) is 19.6. The summed E-state index contributed by atoms with van der Waals surface area (Å²) in [4.78, 5) is 40.0. The van der Waals surface area contributed by atoms with E-state index in [0.717, 1.165) is 29.9 Å². The molecule has 1 saturated heterocycles. The van der Waals surface area contributed by atoms with Gasteiger partial charge in [0.1, 0.15) is 22.2 Å². The van der Waals surface area contributed by atoms with Crippen molar-refractivity contribution in [2.45, 2.75) is 31.9 Å². The SMILES string of the molecule is Cc1ccc([C@H](C(=O)NC[C@H]2CCCO2)N(C(=O)c2snc(C(N)=O)c2N)c2ccc(F)cc2)o1. The first-order chi connectivity index (χ1) is 16.8. The van der Waals surface area contributed by atoms with Gasteiger partial charge in [0.2, 0.25) is 0 Å². The molecule has 3 heterocycles. The first-order valence-corrected chi connectivity index (χ1v) is 11.6. The van der Waals surface area contributed by atoms with E-state index in [4.69, 9.17) is 20.6 Å². The molecule has 35 heavy (non-hydrogen) atoms. The number of hydrogen-bond acceptors (Lipinski definition) is 8. The number of nitrogens with two attached hydrogens (primary N) is 2. The molecule has 4 rings (SSSR count). The second-order valence-electron chi connectivity index (χ2n) is 8.02. The summed E-state index contributed by atoms with van der Waals surface area (Å²) in [5, 5.41) is 2.83. The topological polar surface area (TPSA) is 154 Å². The minimum Gasteiger partial charge on any atom is -0.464 e. The van der Waals surface area contributed by atoms with Crippen LogP contribution in [0.15, 0.2) is 40.8 Å². The molecule has 2 aromatic heterocycles. The van der Waals surface area contributed by atoms with E-state index in [1.54, 1.807) is 19.1 Å². The molecule has 3 aromatic rings. The van der Waals surface area contributed by atoms with Crippen molar-refractivity contribution in [1.82, 2.24) is 9.69 Å². The van der Waals surface area contributed by atoms with Crippen LogP contribution in [0, 0.1) is 12.7 Å². The van der Waals surface area contributed by atoms with Gasteiger partial charge < -0.3 is 25.9 Å². The molecule has 2 atom stereocenters. The highest BCUT2D eigenvalue weighted by molar-refractivity contribution is 7.09. The average Bonchev–Trinajstić information content (AvgIpc) is 3.57. The van der Waals surface area contributed by atoms with Crippen LogP contribution in [-0.4, -0.2) is 41.4 Å². The summed E-state index contributed by atoms with van der Waals surface area (Å²) in [6.07, 6.45) is 1.57.